The van der Waals surface area contributed by atoms with Crippen molar-refractivity contribution in [3.63, 3.8) is 0 Å². The fourth-order valence-corrected chi connectivity index (χ4v) is 1.28. The first kappa shape index (κ1) is 11.1. The summed E-state index contributed by atoms with van der Waals surface area (Å²) in [6, 6.07) is 0.402. The molecule has 1 rings (SSSR count). The number of aliphatic hydroxyl groups excluding tert-OH is 1. The van der Waals surface area contributed by atoms with Crippen molar-refractivity contribution in [3.8, 4) is 0 Å². The number of rotatable bonds is 5. The highest BCUT2D eigenvalue weighted by atomic mass is 16.3. The van der Waals surface area contributed by atoms with Gasteiger partial charge in [0.05, 0.1) is 13.2 Å². The Morgan fingerprint density at radius 2 is 2.29 bits per heavy atom. The van der Waals surface area contributed by atoms with Crippen LogP contribution in [0, 0.1) is 0 Å². The summed E-state index contributed by atoms with van der Waals surface area (Å²) in [6.07, 6.45) is 1.69. The molecule has 0 aromatic carbocycles. The van der Waals surface area contributed by atoms with Crippen LogP contribution in [0.3, 0.4) is 0 Å². The maximum atomic E-state index is 8.90. The average Bonchev–Trinajstić information content (AvgIpc) is 2.51. The summed E-state index contributed by atoms with van der Waals surface area (Å²) in [4.78, 5) is 2.16. The van der Waals surface area contributed by atoms with E-state index in [-0.39, 0.29) is 6.61 Å². The van der Waals surface area contributed by atoms with E-state index in [0.717, 1.165) is 12.4 Å². The molecule has 0 amide bonds. The molecule has 0 spiro atoms. The van der Waals surface area contributed by atoms with Crippen molar-refractivity contribution in [2.24, 2.45) is 7.05 Å². The van der Waals surface area contributed by atoms with Crippen LogP contribution < -0.4 is 0 Å². The summed E-state index contributed by atoms with van der Waals surface area (Å²) in [7, 11) is 1.92. The molecule has 0 fully saturated rings. The van der Waals surface area contributed by atoms with Gasteiger partial charge in [0.2, 0.25) is 0 Å². The normalized spacial score (nSPS) is 11.6. The average molecular weight is 198 g/mol. The van der Waals surface area contributed by atoms with Gasteiger partial charge >= 0.3 is 0 Å². The van der Waals surface area contributed by atoms with Gasteiger partial charge < -0.3 is 9.67 Å². The molecule has 1 aromatic heterocycles. The summed E-state index contributed by atoms with van der Waals surface area (Å²) in [5, 5.41) is 16.7. The summed E-state index contributed by atoms with van der Waals surface area (Å²) >= 11 is 0. The molecule has 0 saturated carbocycles. The molecule has 5 nitrogen and oxygen atoms in total. The molecule has 0 aliphatic carbocycles. The Kier molecular flexibility index (Phi) is 4.03. The molecule has 5 heteroatoms. The zero-order chi connectivity index (χ0) is 10.6. The number of aromatic nitrogens is 3. The Bertz CT molecular complexity index is 272. The van der Waals surface area contributed by atoms with Crippen LogP contribution in [0.2, 0.25) is 0 Å². The number of hydrogen-bond acceptors (Lipinski definition) is 4. The minimum absolute atomic E-state index is 0.177. The Labute approximate surface area is 84.4 Å². The highest BCUT2D eigenvalue weighted by Gasteiger charge is 2.12. The van der Waals surface area contributed by atoms with Gasteiger partial charge in [-0.05, 0) is 13.8 Å². The fourth-order valence-electron chi connectivity index (χ4n) is 1.28. The van der Waals surface area contributed by atoms with Gasteiger partial charge in [0.15, 0.2) is 0 Å². The van der Waals surface area contributed by atoms with E-state index in [0.29, 0.717) is 12.6 Å². The lowest BCUT2D eigenvalue weighted by Gasteiger charge is -2.24. The SMILES string of the molecule is CC(C)N(CCO)Cc1nncn1C. The van der Waals surface area contributed by atoms with E-state index in [9.17, 15) is 0 Å². The molecule has 1 aromatic rings. The van der Waals surface area contributed by atoms with Crippen LogP contribution in [0.5, 0.6) is 0 Å². The molecule has 0 aliphatic heterocycles. The second-order valence-electron chi connectivity index (χ2n) is 3.65. The summed E-state index contributed by atoms with van der Waals surface area (Å²) in [5.41, 5.74) is 0. The number of hydrogen-bond donors (Lipinski definition) is 1. The highest BCUT2D eigenvalue weighted by molar-refractivity contribution is 4.84. The van der Waals surface area contributed by atoms with Crippen molar-refractivity contribution in [1.82, 2.24) is 19.7 Å². The predicted molar refractivity (Wildman–Crippen MR) is 53.6 cm³/mol. The second kappa shape index (κ2) is 5.07. The maximum absolute atomic E-state index is 8.90. The molecule has 80 valence electrons. The van der Waals surface area contributed by atoms with E-state index in [1.165, 1.54) is 0 Å². The van der Waals surface area contributed by atoms with Gasteiger partial charge in [-0.2, -0.15) is 0 Å². The second-order valence-corrected chi connectivity index (χ2v) is 3.65. The largest absolute Gasteiger partial charge is 0.395 e. The molecule has 0 atom stereocenters. The van der Waals surface area contributed by atoms with Gasteiger partial charge in [-0.3, -0.25) is 4.90 Å². The number of aryl methyl sites for hydroxylation is 1. The third-order valence-corrected chi connectivity index (χ3v) is 2.27. The first-order valence-corrected chi connectivity index (χ1v) is 4.83. The van der Waals surface area contributed by atoms with Gasteiger partial charge in [-0.15, -0.1) is 10.2 Å². The third kappa shape index (κ3) is 2.78. The zero-order valence-corrected chi connectivity index (χ0v) is 9.01. The molecule has 0 saturated heterocycles. The minimum atomic E-state index is 0.177. The van der Waals surface area contributed by atoms with Gasteiger partial charge in [0.25, 0.3) is 0 Å². The first-order valence-electron chi connectivity index (χ1n) is 4.83. The van der Waals surface area contributed by atoms with Crippen molar-refractivity contribution in [1.29, 1.82) is 0 Å². The molecular weight excluding hydrogens is 180 g/mol. The van der Waals surface area contributed by atoms with Crippen LogP contribution >= 0.6 is 0 Å². The molecule has 0 aliphatic rings. The quantitative estimate of drug-likeness (QED) is 0.724. The monoisotopic (exact) mass is 198 g/mol. The van der Waals surface area contributed by atoms with E-state index in [1.54, 1.807) is 6.33 Å². The third-order valence-electron chi connectivity index (χ3n) is 2.27. The topological polar surface area (TPSA) is 54.2 Å². The van der Waals surface area contributed by atoms with E-state index in [1.807, 2.05) is 11.6 Å². The lowest BCUT2D eigenvalue weighted by atomic mass is 10.3. The van der Waals surface area contributed by atoms with Crippen molar-refractivity contribution in [2.75, 3.05) is 13.2 Å². The first-order chi connectivity index (χ1) is 6.65. The van der Waals surface area contributed by atoms with Crippen molar-refractivity contribution in [2.45, 2.75) is 26.4 Å². The molecule has 0 radical (unpaired) electrons. The minimum Gasteiger partial charge on any atom is -0.395 e. The van der Waals surface area contributed by atoms with Crippen LogP contribution in [-0.2, 0) is 13.6 Å². The van der Waals surface area contributed by atoms with Gasteiger partial charge in [0.1, 0.15) is 12.2 Å². The Hall–Kier alpha value is -0.940. The lowest BCUT2D eigenvalue weighted by Crippen LogP contribution is -2.33. The molecule has 14 heavy (non-hydrogen) atoms. The zero-order valence-electron chi connectivity index (χ0n) is 9.01. The highest BCUT2D eigenvalue weighted by Crippen LogP contribution is 2.04. The van der Waals surface area contributed by atoms with Crippen LogP contribution in [0.4, 0.5) is 0 Å². The predicted octanol–water partition coefficient (Wildman–Crippen LogP) is 0.0178. The Balaban J connectivity index is 2.60. The lowest BCUT2D eigenvalue weighted by molar-refractivity contribution is 0.155. The van der Waals surface area contributed by atoms with Crippen LogP contribution in [0.1, 0.15) is 19.7 Å². The Morgan fingerprint density at radius 1 is 1.57 bits per heavy atom. The molecule has 0 unspecified atom stereocenters. The summed E-state index contributed by atoms with van der Waals surface area (Å²) in [5.74, 6) is 0.923. The molecule has 0 bridgehead atoms. The van der Waals surface area contributed by atoms with Crippen LogP contribution in [0.15, 0.2) is 6.33 Å². The van der Waals surface area contributed by atoms with Gasteiger partial charge in [-0.1, -0.05) is 0 Å². The van der Waals surface area contributed by atoms with Crippen LogP contribution in [-0.4, -0.2) is 44.0 Å². The molecule has 1 N–H and O–H groups in total. The van der Waals surface area contributed by atoms with Crippen molar-refractivity contribution in [3.05, 3.63) is 12.2 Å². The summed E-state index contributed by atoms with van der Waals surface area (Å²) in [6.45, 7) is 5.79. The van der Waals surface area contributed by atoms with E-state index >= 15 is 0 Å². The van der Waals surface area contributed by atoms with E-state index < -0.39 is 0 Å². The number of nitrogens with zero attached hydrogens (tertiary/aromatic N) is 4. The van der Waals surface area contributed by atoms with E-state index in [2.05, 4.69) is 28.9 Å². The molecule has 1 heterocycles. The molecular formula is C9H18N4O. The smallest absolute Gasteiger partial charge is 0.146 e. The standard InChI is InChI=1S/C9H18N4O/c1-8(2)13(4-5-14)6-9-11-10-7-12(9)3/h7-8,14H,4-6H2,1-3H3. The van der Waals surface area contributed by atoms with E-state index in [4.69, 9.17) is 5.11 Å². The van der Waals surface area contributed by atoms with Crippen molar-refractivity contribution >= 4 is 0 Å². The van der Waals surface area contributed by atoms with Gasteiger partial charge in [-0.25, -0.2) is 0 Å². The maximum Gasteiger partial charge on any atom is 0.146 e. The fraction of sp³-hybridized carbons (Fsp3) is 0.778. The Morgan fingerprint density at radius 3 is 2.71 bits per heavy atom. The van der Waals surface area contributed by atoms with Crippen molar-refractivity contribution < 1.29 is 5.11 Å². The number of aliphatic hydroxyl groups is 1. The summed E-state index contributed by atoms with van der Waals surface area (Å²) < 4.78 is 1.90. The van der Waals surface area contributed by atoms with Gasteiger partial charge in [0, 0.05) is 19.6 Å². The van der Waals surface area contributed by atoms with Crippen LogP contribution in [0.25, 0.3) is 0 Å².